The highest BCUT2D eigenvalue weighted by Crippen LogP contribution is 2.00. The van der Waals surface area contributed by atoms with Crippen LogP contribution in [-0.2, 0) is 0 Å². The molecule has 0 aromatic carbocycles. The van der Waals surface area contributed by atoms with Gasteiger partial charge >= 0.3 is 0 Å². The minimum absolute atomic E-state index is 0.191. The van der Waals surface area contributed by atoms with Crippen LogP contribution < -0.4 is 5.32 Å². The standard InChI is InChI=1S/C9H21NO2/c1-8(2)9(7-12)10-5-3-4-6-11/h8-12H,3-7H2,1-2H3/t9-/m1/s1. The summed E-state index contributed by atoms with van der Waals surface area (Å²) in [5.41, 5.74) is 0. The van der Waals surface area contributed by atoms with Gasteiger partial charge in [-0.15, -0.1) is 0 Å². The zero-order valence-corrected chi connectivity index (χ0v) is 8.08. The monoisotopic (exact) mass is 175 g/mol. The molecular formula is C9H21NO2. The fourth-order valence-electron chi connectivity index (χ4n) is 1.04. The van der Waals surface area contributed by atoms with Gasteiger partial charge in [0.25, 0.3) is 0 Å². The molecule has 12 heavy (non-hydrogen) atoms. The van der Waals surface area contributed by atoms with E-state index in [4.69, 9.17) is 10.2 Å². The van der Waals surface area contributed by atoms with Crippen molar-refractivity contribution in [3.8, 4) is 0 Å². The van der Waals surface area contributed by atoms with Crippen LogP contribution in [0.1, 0.15) is 26.7 Å². The number of aliphatic hydroxyl groups excluding tert-OH is 2. The highest BCUT2D eigenvalue weighted by Gasteiger charge is 2.09. The van der Waals surface area contributed by atoms with Gasteiger partial charge in [-0.25, -0.2) is 0 Å². The maximum atomic E-state index is 8.94. The van der Waals surface area contributed by atoms with Gasteiger partial charge in [0.2, 0.25) is 0 Å². The van der Waals surface area contributed by atoms with Gasteiger partial charge in [0.15, 0.2) is 0 Å². The molecule has 0 unspecified atom stereocenters. The SMILES string of the molecule is CC(C)[C@@H](CO)NCCCCO. The lowest BCUT2D eigenvalue weighted by Gasteiger charge is -2.19. The maximum Gasteiger partial charge on any atom is 0.0587 e. The Hall–Kier alpha value is -0.120. The van der Waals surface area contributed by atoms with Crippen LogP contribution in [0.15, 0.2) is 0 Å². The lowest BCUT2D eigenvalue weighted by atomic mass is 10.1. The largest absolute Gasteiger partial charge is 0.396 e. The molecule has 0 saturated heterocycles. The van der Waals surface area contributed by atoms with Gasteiger partial charge in [0, 0.05) is 12.6 Å². The van der Waals surface area contributed by atoms with Gasteiger partial charge in [0.05, 0.1) is 6.61 Å². The number of hydrogen-bond acceptors (Lipinski definition) is 3. The summed E-state index contributed by atoms with van der Waals surface area (Å²) in [6.07, 6.45) is 1.81. The summed E-state index contributed by atoms with van der Waals surface area (Å²) in [6.45, 7) is 5.49. The third kappa shape index (κ3) is 5.52. The highest BCUT2D eigenvalue weighted by atomic mass is 16.3. The Kier molecular flexibility index (Phi) is 7.45. The molecule has 0 aliphatic heterocycles. The molecular weight excluding hydrogens is 154 g/mol. The number of aliphatic hydroxyl groups is 2. The van der Waals surface area contributed by atoms with E-state index in [1.54, 1.807) is 0 Å². The van der Waals surface area contributed by atoms with Crippen LogP contribution in [-0.4, -0.2) is 36.0 Å². The smallest absolute Gasteiger partial charge is 0.0587 e. The first-order chi connectivity index (χ1) is 5.72. The maximum absolute atomic E-state index is 8.94. The van der Waals surface area contributed by atoms with Crippen molar-refractivity contribution in [3.05, 3.63) is 0 Å². The first-order valence-corrected chi connectivity index (χ1v) is 4.67. The number of unbranched alkanes of at least 4 members (excludes halogenated alkanes) is 1. The van der Waals surface area contributed by atoms with Gasteiger partial charge in [0.1, 0.15) is 0 Å². The van der Waals surface area contributed by atoms with Gasteiger partial charge < -0.3 is 15.5 Å². The Morgan fingerprint density at radius 1 is 1.17 bits per heavy atom. The van der Waals surface area contributed by atoms with Gasteiger partial charge in [-0.3, -0.25) is 0 Å². The summed E-state index contributed by atoms with van der Waals surface area (Å²) >= 11 is 0. The van der Waals surface area contributed by atoms with Crippen LogP contribution in [0.3, 0.4) is 0 Å². The quantitative estimate of drug-likeness (QED) is 0.490. The van der Waals surface area contributed by atoms with Crippen LogP contribution in [0, 0.1) is 5.92 Å². The summed E-state index contributed by atoms with van der Waals surface area (Å²) in [4.78, 5) is 0. The van der Waals surface area contributed by atoms with Crippen molar-refractivity contribution < 1.29 is 10.2 Å². The van der Waals surface area contributed by atoms with Crippen molar-refractivity contribution in [2.24, 2.45) is 5.92 Å². The normalized spacial score (nSPS) is 13.8. The summed E-state index contributed by atoms with van der Waals surface area (Å²) in [6, 6.07) is 0.198. The second-order valence-corrected chi connectivity index (χ2v) is 3.42. The van der Waals surface area contributed by atoms with Crippen LogP contribution >= 0.6 is 0 Å². The predicted molar refractivity (Wildman–Crippen MR) is 50.0 cm³/mol. The Balaban J connectivity index is 3.32. The van der Waals surface area contributed by atoms with Crippen molar-refractivity contribution in [1.82, 2.24) is 5.32 Å². The molecule has 74 valence electrons. The zero-order valence-electron chi connectivity index (χ0n) is 8.08. The number of hydrogen-bond donors (Lipinski definition) is 3. The van der Waals surface area contributed by atoms with Gasteiger partial charge in [-0.2, -0.15) is 0 Å². The Labute approximate surface area is 74.8 Å². The van der Waals surface area contributed by atoms with Gasteiger partial charge in [-0.1, -0.05) is 13.8 Å². The molecule has 0 radical (unpaired) electrons. The van der Waals surface area contributed by atoms with Crippen molar-refractivity contribution >= 4 is 0 Å². The lowest BCUT2D eigenvalue weighted by molar-refractivity contribution is 0.209. The molecule has 0 fully saturated rings. The summed E-state index contributed by atoms with van der Waals surface area (Å²) < 4.78 is 0. The van der Waals surface area contributed by atoms with Crippen molar-refractivity contribution in [2.75, 3.05) is 19.8 Å². The third-order valence-corrected chi connectivity index (χ3v) is 1.99. The summed E-state index contributed by atoms with van der Waals surface area (Å²) in [5.74, 6) is 0.462. The molecule has 0 aromatic heterocycles. The first kappa shape index (κ1) is 11.9. The third-order valence-electron chi connectivity index (χ3n) is 1.99. The van der Waals surface area contributed by atoms with Crippen molar-refractivity contribution in [1.29, 1.82) is 0 Å². The predicted octanol–water partition coefficient (Wildman–Crippen LogP) is 0.365. The van der Waals surface area contributed by atoms with E-state index in [9.17, 15) is 0 Å². The van der Waals surface area contributed by atoms with E-state index in [0.717, 1.165) is 19.4 Å². The average Bonchev–Trinajstić information content (AvgIpc) is 2.04. The molecule has 0 bridgehead atoms. The van der Waals surface area contributed by atoms with E-state index in [0.29, 0.717) is 5.92 Å². The molecule has 1 atom stereocenters. The van der Waals surface area contributed by atoms with E-state index in [2.05, 4.69) is 19.2 Å². The number of nitrogens with one attached hydrogen (secondary N) is 1. The van der Waals surface area contributed by atoms with Crippen molar-refractivity contribution in [2.45, 2.75) is 32.7 Å². The van der Waals surface area contributed by atoms with E-state index < -0.39 is 0 Å². The molecule has 3 heteroatoms. The molecule has 0 spiro atoms. The summed E-state index contributed by atoms with van der Waals surface area (Å²) in [7, 11) is 0. The molecule has 3 N–H and O–H groups in total. The fourth-order valence-corrected chi connectivity index (χ4v) is 1.04. The number of rotatable bonds is 7. The molecule has 0 aliphatic rings. The van der Waals surface area contributed by atoms with Gasteiger partial charge in [-0.05, 0) is 25.3 Å². The van der Waals surface area contributed by atoms with E-state index in [-0.39, 0.29) is 19.3 Å². The second-order valence-electron chi connectivity index (χ2n) is 3.42. The highest BCUT2D eigenvalue weighted by molar-refractivity contribution is 4.68. The Morgan fingerprint density at radius 2 is 1.83 bits per heavy atom. The Morgan fingerprint density at radius 3 is 2.25 bits per heavy atom. The Bertz CT molecular complexity index is 96.5. The van der Waals surface area contributed by atoms with Crippen molar-refractivity contribution in [3.63, 3.8) is 0 Å². The second kappa shape index (κ2) is 7.53. The fraction of sp³-hybridized carbons (Fsp3) is 1.00. The topological polar surface area (TPSA) is 52.5 Å². The molecule has 0 rings (SSSR count). The summed E-state index contributed by atoms with van der Waals surface area (Å²) in [5, 5.41) is 20.7. The average molecular weight is 175 g/mol. The van der Waals surface area contributed by atoms with E-state index in [1.807, 2.05) is 0 Å². The molecule has 0 heterocycles. The molecule has 0 aliphatic carbocycles. The molecule has 3 nitrogen and oxygen atoms in total. The zero-order chi connectivity index (χ0) is 9.40. The molecule has 0 saturated carbocycles. The van der Waals surface area contributed by atoms with Crippen LogP contribution in [0.4, 0.5) is 0 Å². The molecule has 0 amide bonds. The minimum atomic E-state index is 0.191. The van der Waals surface area contributed by atoms with Crippen LogP contribution in [0.25, 0.3) is 0 Å². The van der Waals surface area contributed by atoms with E-state index >= 15 is 0 Å². The first-order valence-electron chi connectivity index (χ1n) is 4.67. The van der Waals surface area contributed by atoms with Crippen LogP contribution in [0.5, 0.6) is 0 Å². The lowest BCUT2D eigenvalue weighted by Crippen LogP contribution is -2.37. The minimum Gasteiger partial charge on any atom is -0.396 e. The van der Waals surface area contributed by atoms with E-state index in [1.165, 1.54) is 0 Å². The molecule has 0 aromatic rings. The van der Waals surface area contributed by atoms with Crippen LogP contribution in [0.2, 0.25) is 0 Å².